The van der Waals surface area contributed by atoms with E-state index in [0.717, 1.165) is 43.7 Å². The second-order valence-corrected chi connectivity index (χ2v) is 11.5. The molecule has 4 aromatic carbocycles. The van der Waals surface area contributed by atoms with Gasteiger partial charge in [-0.2, -0.15) is 0 Å². The summed E-state index contributed by atoms with van der Waals surface area (Å²) in [5.41, 5.74) is 4.46. The fourth-order valence-corrected chi connectivity index (χ4v) is 6.97. The van der Waals surface area contributed by atoms with E-state index in [2.05, 4.69) is 107 Å². The summed E-state index contributed by atoms with van der Waals surface area (Å²) < 4.78 is 2.02. The number of aromatic nitrogens is 1. The largest absolute Gasteiger partial charge is 1.00 e. The fourth-order valence-electron chi connectivity index (χ4n) is 6.97. The van der Waals surface area contributed by atoms with Gasteiger partial charge in [-0.25, -0.2) is 4.57 Å². The van der Waals surface area contributed by atoms with Gasteiger partial charge in [-0.15, -0.1) is 0 Å². The minimum absolute atomic E-state index is 0. The third-order valence-electron chi connectivity index (χ3n) is 8.96. The number of carbonyl (C=O) groups excluding carboxylic acids is 1. The highest BCUT2D eigenvalue weighted by Gasteiger charge is 2.38. The molecule has 1 atom stereocenters. The summed E-state index contributed by atoms with van der Waals surface area (Å²) in [4.78, 5) is 19.0. The third kappa shape index (κ3) is 5.32. The van der Waals surface area contributed by atoms with E-state index in [9.17, 15) is 4.79 Å². The van der Waals surface area contributed by atoms with Gasteiger partial charge in [0.05, 0.1) is 5.69 Å². The summed E-state index contributed by atoms with van der Waals surface area (Å²) >= 11 is 0. The molecule has 2 saturated heterocycles. The molecule has 5 heteroatoms. The Morgan fingerprint density at radius 3 is 1.95 bits per heavy atom. The van der Waals surface area contributed by atoms with Crippen molar-refractivity contribution in [2.45, 2.75) is 37.6 Å². The molecule has 2 aliphatic heterocycles. The van der Waals surface area contributed by atoms with Gasteiger partial charge in [0.25, 0.3) is 5.91 Å². The Balaban J connectivity index is 0.00000302. The van der Waals surface area contributed by atoms with Crippen molar-refractivity contribution in [1.82, 2.24) is 4.90 Å². The van der Waals surface area contributed by atoms with Crippen LogP contribution in [0.3, 0.4) is 0 Å². The molecule has 7 rings (SSSR count). The van der Waals surface area contributed by atoms with Crippen LogP contribution in [0.15, 0.2) is 103 Å². The van der Waals surface area contributed by atoms with Crippen LogP contribution < -0.4 is 33.4 Å². The quantitative estimate of drug-likeness (QED) is 0.213. The Morgan fingerprint density at radius 2 is 1.34 bits per heavy atom. The number of likely N-dealkylation sites (tertiary alicyclic amines) is 1. The minimum atomic E-state index is 0. The second-order valence-electron chi connectivity index (χ2n) is 11.5. The van der Waals surface area contributed by atoms with Gasteiger partial charge >= 0.3 is 0 Å². The molecule has 1 amide bonds. The maximum absolute atomic E-state index is 14.5. The lowest BCUT2D eigenvalue weighted by Gasteiger charge is -2.33. The molecule has 1 aromatic heterocycles. The molecule has 0 unspecified atom stereocenters. The maximum atomic E-state index is 14.5. The van der Waals surface area contributed by atoms with Crippen molar-refractivity contribution < 1.29 is 33.3 Å². The van der Waals surface area contributed by atoms with Crippen LogP contribution in [0.1, 0.15) is 53.1 Å². The molecular weight excluding hydrogens is 617 g/mol. The van der Waals surface area contributed by atoms with Crippen molar-refractivity contribution in [3.63, 3.8) is 0 Å². The van der Waals surface area contributed by atoms with Gasteiger partial charge in [-0.05, 0) is 58.4 Å². The van der Waals surface area contributed by atoms with Crippen LogP contribution in [-0.2, 0) is 7.05 Å². The first-order valence-corrected chi connectivity index (χ1v) is 14.7. The first-order valence-electron chi connectivity index (χ1n) is 14.7. The van der Waals surface area contributed by atoms with Gasteiger partial charge < -0.3 is 33.8 Å². The molecule has 3 heterocycles. The average Bonchev–Trinajstić information content (AvgIpc) is 3.70. The van der Waals surface area contributed by atoms with Crippen LogP contribution in [0, 0.1) is 0 Å². The van der Waals surface area contributed by atoms with E-state index in [1.165, 1.54) is 45.5 Å². The summed E-state index contributed by atoms with van der Waals surface area (Å²) in [6, 6.07) is 33.1. The summed E-state index contributed by atoms with van der Waals surface area (Å²) in [6.07, 6.45) is 8.49. The smallest absolute Gasteiger partial charge is 0.262 e. The first-order chi connectivity index (χ1) is 19.7. The molecule has 0 radical (unpaired) electrons. The lowest BCUT2D eigenvalue weighted by atomic mass is 9.82. The van der Waals surface area contributed by atoms with Crippen molar-refractivity contribution in [2.24, 2.45) is 7.05 Å². The predicted molar refractivity (Wildman–Crippen MR) is 163 cm³/mol. The molecule has 2 aliphatic rings. The normalized spacial score (nSPS) is 17.0. The SMILES string of the molecule is C[n+]1ccc(N2CCCC2)c(C(=O)N2CCC[C@H]2C(c2ccc3ccccc3c2)c2ccc3ccccc3c2)c1.[I-]. The zero-order chi connectivity index (χ0) is 27.1. The van der Waals surface area contributed by atoms with Crippen molar-refractivity contribution >= 4 is 33.1 Å². The number of amides is 1. The van der Waals surface area contributed by atoms with E-state index in [1.54, 1.807) is 0 Å². The Labute approximate surface area is 259 Å². The number of carbonyl (C=O) groups is 1. The highest BCUT2D eigenvalue weighted by atomic mass is 127. The van der Waals surface area contributed by atoms with E-state index >= 15 is 0 Å². The van der Waals surface area contributed by atoms with E-state index in [1.807, 2.05) is 17.8 Å². The summed E-state index contributed by atoms with van der Waals surface area (Å²) in [5, 5.41) is 4.98. The van der Waals surface area contributed by atoms with Crippen LogP contribution in [0.4, 0.5) is 5.69 Å². The first kappa shape index (κ1) is 27.7. The lowest BCUT2D eigenvalue weighted by molar-refractivity contribution is -0.671. The van der Waals surface area contributed by atoms with E-state index in [-0.39, 0.29) is 41.8 Å². The average molecular weight is 654 g/mol. The zero-order valence-electron chi connectivity index (χ0n) is 23.5. The van der Waals surface area contributed by atoms with Gasteiger partial charge in [0.15, 0.2) is 12.4 Å². The molecular formula is C36H36IN3O. The number of halogens is 1. The van der Waals surface area contributed by atoms with Crippen molar-refractivity contribution in [3.8, 4) is 0 Å². The highest BCUT2D eigenvalue weighted by molar-refractivity contribution is 5.99. The van der Waals surface area contributed by atoms with Crippen LogP contribution in [0.25, 0.3) is 21.5 Å². The Hall–Kier alpha value is -3.45. The van der Waals surface area contributed by atoms with Crippen molar-refractivity contribution in [2.75, 3.05) is 24.5 Å². The summed E-state index contributed by atoms with van der Waals surface area (Å²) in [6.45, 7) is 2.84. The molecule has 2 fully saturated rings. The number of hydrogen-bond acceptors (Lipinski definition) is 2. The maximum Gasteiger partial charge on any atom is 0.262 e. The molecule has 0 N–H and O–H groups in total. The molecule has 0 aliphatic carbocycles. The van der Waals surface area contributed by atoms with E-state index in [0.29, 0.717) is 0 Å². The molecule has 0 saturated carbocycles. The van der Waals surface area contributed by atoms with Crippen LogP contribution in [0.2, 0.25) is 0 Å². The minimum Gasteiger partial charge on any atom is -1.00 e. The monoisotopic (exact) mass is 653 g/mol. The number of anilines is 1. The highest BCUT2D eigenvalue weighted by Crippen LogP contribution is 2.40. The topological polar surface area (TPSA) is 27.4 Å². The number of fused-ring (bicyclic) bond motifs is 2. The van der Waals surface area contributed by atoms with Crippen LogP contribution in [-0.4, -0.2) is 36.5 Å². The molecule has 41 heavy (non-hydrogen) atoms. The molecule has 208 valence electrons. The van der Waals surface area contributed by atoms with Crippen molar-refractivity contribution in [3.05, 3.63) is 120 Å². The number of hydrogen-bond donors (Lipinski definition) is 0. The predicted octanol–water partition coefficient (Wildman–Crippen LogP) is 3.86. The van der Waals surface area contributed by atoms with Gasteiger partial charge in [0.1, 0.15) is 12.6 Å². The molecule has 5 aromatic rings. The molecule has 0 spiro atoms. The van der Waals surface area contributed by atoms with Crippen molar-refractivity contribution in [1.29, 1.82) is 0 Å². The number of rotatable bonds is 5. The van der Waals surface area contributed by atoms with Crippen LogP contribution in [0.5, 0.6) is 0 Å². The second kappa shape index (κ2) is 11.8. The lowest BCUT2D eigenvalue weighted by Crippen LogP contribution is -3.00. The number of pyridine rings is 1. The fraction of sp³-hybridized carbons (Fsp3) is 0.278. The summed E-state index contributed by atoms with van der Waals surface area (Å²) in [7, 11) is 2.01. The Bertz CT molecular complexity index is 1630. The molecule has 0 bridgehead atoms. The summed E-state index contributed by atoms with van der Waals surface area (Å²) in [5.74, 6) is 0.250. The third-order valence-corrected chi connectivity index (χ3v) is 8.96. The molecule has 4 nitrogen and oxygen atoms in total. The number of nitrogens with zero attached hydrogens (tertiary/aromatic N) is 3. The standard InChI is InChI=1S/C36H36N3O.HI/c1-37-22-18-33(38-19-6-7-20-38)32(25-37)36(40)39-21-8-13-34(39)35(30-16-14-26-9-2-4-11-28(26)23-30)31-17-15-27-10-3-5-12-29(27)24-31;/h2-5,9-12,14-18,22-25,34-35H,6-8,13,19-21H2,1H3;1H/q+1;/p-1/t34-;/m0./s1. The number of benzene rings is 4. The Kier molecular flexibility index (Phi) is 7.98. The zero-order valence-corrected chi connectivity index (χ0v) is 25.7. The van der Waals surface area contributed by atoms with Gasteiger partial charge in [0, 0.05) is 37.7 Å². The van der Waals surface area contributed by atoms with E-state index < -0.39 is 0 Å². The van der Waals surface area contributed by atoms with E-state index in [4.69, 9.17) is 0 Å². The Morgan fingerprint density at radius 1 is 0.756 bits per heavy atom. The van der Waals surface area contributed by atoms with Gasteiger partial charge in [0.2, 0.25) is 0 Å². The van der Waals surface area contributed by atoms with Gasteiger partial charge in [-0.3, -0.25) is 4.79 Å². The number of aryl methyl sites for hydroxylation is 1. The van der Waals surface area contributed by atoms with Gasteiger partial charge in [-0.1, -0.05) is 84.9 Å². The van der Waals surface area contributed by atoms with Crippen LogP contribution >= 0.6 is 0 Å².